The average Bonchev–Trinajstić information content (AvgIpc) is 3.50. The Hall–Kier alpha value is -3.16. The minimum absolute atomic E-state index is 0.120. The van der Waals surface area contributed by atoms with E-state index >= 15 is 0 Å². The van der Waals surface area contributed by atoms with Gasteiger partial charge in [0.15, 0.2) is 0 Å². The fourth-order valence-electron chi connectivity index (χ4n) is 3.45. The van der Waals surface area contributed by atoms with Crippen molar-refractivity contribution < 1.29 is 24.0 Å². The Kier molecular flexibility index (Phi) is 6.00. The van der Waals surface area contributed by atoms with E-state index in [1.54, 1.807) is 26.8 Å². The van der Waals surface area contributed by atoms with Crippen LogP contribution in [0.5, 0.6) is 0 Å². The van der Waals surface area contributed by atoms with Crippen LogP contribution in [0.15, 0.2) is 46.8 Å². The van der Waals surface area contributed by atoms with Crippen molar-refractivity contribution in [2.75, 3.05) is 13.2 Å². The maximum absolute atomic E-state index is 12.9. The van der Waals surface area contributed by atoms with E-state index in [4.69, 9.17) is 9.47 Å². The average molecular weight is 400 g/mol. The largest absolute Gasteiger partial charge is 0.463 e. The molecule has 0 spiro atoms. The van der Waals surface area contributed by atoms with Gasteiger partial charge in [-0.1, -0.05) is 12.1 Å². The lowest BCUT2D eigenvalue weighted by Crippen LogP contribution is -2.32. The van der Waals surface area contributed by atoms with Crippen molar-refractivity contribution in [2.45, 2.75) is 39.5 Å². The smallest absolute Gasteiger partial charge is 0.336 e. The van der Waals surface area contributed by atoms with Crippen LogP contribution in [-0.2, 0) is 19.1 Å². The molecule has 8 heteroatoms. The number of non-ortho nitro benzene ring substituents is 1. The summed E-state index contributed by atoms with van der Waals surface area (Å²) in [5.74, 6) is -1.54. The number of allylic oxidation sites excluding steroid dienone is 2. The maximum Gasteiger partial charge on any atom is 0.336 e. The van der Waals surface area contributed by atoms with Gasteiger partial charge in [0.1, 0.15) is 0 Å². The number of esters is 2. The SMILES string of the molecule is CCOC(=O)C1=C(C)NC(C)=C(C(=O)OCC2CC2)C1c1cccc([N+](=O)[O-])c1. The minimum atomic E-state index is -0.818. The van der Waals surface area contributed by atoms with Gasteiger partial charge in [0.2, 0.25) is 0 Å². The van der Waals surface area contributed by atoms with Crippen LogP contribution >= 0.6 is 0 Å². The summed E-state index contributed by atoms with van der Waals surface area (Å²) in [5.41, 5.74) is 1.94. The highest BCUT2D eigenvalue weighted by atomic mass is 16.6. The van der Waals surface area contributed by atoms with Gasteiger partial charge in [0.25, 0.3) is 5.69 Å². The molecule has 3 rings (SSSR count). The highest BCUT2D eigenvalue weighted by Gasteiger charge is 2.39. The molecule has 1 saturated carbocycles. The summed E-state index contributed by atoms with van der Waals surface area (Å²) in [4.78, 5) is 36.4. The van der Waals surface area contributed by atoms with Crippen molar-refractivity contribution in [3.05, 3.63) is 62.5 Å². The molecule has 29 heavy (non-hydrogen) atoms. The number of nitrogens with zero attached hydrogens (tertiary/aromatic N) is 1. The molecule has 0 bridgehead atoms. The second-order valence-corrected chi connectivity index (χ2v) is 7.25. The van der Waals surface area contributed by atoms with Crippen LogP contribution in [-0.4, -0.2) is 30.1 Å². The molecule has 1 unspecified atom stereocenters. The molecule has 1 atom stereocenters. The van der Waals surface area contributed by atoms with Crippen molar-refractivity contribution in [2.24, 2.45) is 5.92 Å². The molecule has 8 nitrogen and oxygen atoms in total. The number of ether oxygens (including phenoxy) is 2. The van der Waals surface area contributed by atoms with E-state index in [0.717, 1.165) is 12.8 Å². The van der Waals surface area contributed by atoms with E-state index in [2.05, 4.69) is 5.32 Å². The molecular formula is C21H24N2O6. The maximum atomic E-state index is 12.9. The van der Waals surface area contributed by atoms with E-state index in [9.17, 15) is 19.7 Å². The van der Waals surface area contributed by atoms with Gasteiger partial charge in [-0.2, -0.15) is 0 Å². The van der Waals surface area contributed by atoms with Crippen LogP contribution in [0, 0.1) is 16.0 Å². The standard InChI is InChI=1S/C21H24N2O6/c1-4-28-20(24)17-12(2)22-13(3)18(21(25)29-11-14-8-9-14)19(17)15-6-5-7-16(10-15)23(26)27/h5-7,10,14,19,22H,4,8-9,11H2,1-3H3. The summed E-state index contributed by atoms with van der Waals surface area (Å²) in [7, 11) is 0. The predicted octanol–water partition coefficient (Wildman–Crippen LogP) is 3.35. The molecule has 0 aromatic heterocycles. The van der Waals surface area contributed by atoms with Gasteiger partial charge in [-0.15, -0.1) is 0 Å². The second kappa shape index (κ2) is 8.46. The lowest BCUT2D eigenvalue weighted by molar-refractivity contribution is -0.384. The van der Waals surface area contributed by atoms with E-state index < -0.39 is 22.8 Å². The van der Waals surface area contributed by atoms with Crippen molar-refractivity contribution in [1.82, 2.24) is 5.32 Å². The van der Waals surface area contributed by atoms with Crippen molar-refractivity contribution in [3.63, 3.8) is 0 Å². The molecule has 1 aliphatic heterocycles. The molecular weight excluding hydrogens is 376 g/mol. The first-order valence-corrected chi connectivity index (χ1v) is 9.60. The second-order valence-electron chi connectivity index (χ2n) is 7.25. The summed E-state index contributed by atoms with van der Waals surface area (Å²) in [5, 5.41) is 14.3. The van der Waals surface area contributed by atoms with Gasteiger partial charge >= 0.3 is 11.9 Å². The number of hydrogen-bond acceptors (Lipinski definition) is 7. The molecule has 1 aromatic rings. The van der Waals surface area contributed by atoms with E-state index in [1.807, 2.05) is 0 Å². The van der Waals surface area contributed by atoms with Gasteiger partial charge in [-0.05, 0) is 45.1 Å². The molecule has 1 fully saturated rings. The van der Waals surface area contributed by atoms with E-state index in [0.29, 0.717) is 29.5 Å². The van der Waals surface area contributed by atoms with Crippen LogP contribution in [0.25, 0.3) is 0 Å². The van der Waals surface area contributed by atoms with Crippen LogP contribution in [0.4, 0.5) is 5.69 Å². The molecule has 154 valence electrons. The van der Waals surface area contributed by atoms with Gasteiger partial charge in [-0.3, -0.25) is 10.1 Å². The number of hydrogen-bond donors (Lipinski definition) is 1. The number of carbonyl (C=O) groups is 2. The third kappa shape index (κ3) is 4.47. The first kappa shape index (κ1) is 20.6. The third-order valence-electron chi connectivity index (χ3n) is 5.04. The number of benzene rings is 1. The molecule has 0 amide bonds. The normalized spacial score (nSPS) is 18.9. The highest BCUT2D eigenvalue weighted by molar-refractivity contribution is 6.00. The Labute approximate surface area is 168 Å². The van der Waals surface area contributed by atoms with Gasteiger partial charge in [0.05, 0.1) is 35.2 Å². The van der Waals surface area contributed by atoms with Crippen LogP contribution < -0.4 is 5.32 Å². The van der Waals surface area contributed by atoms with Gasteiger partial charge < -0.3 is 14.8 Å². The Morgan fingerprint density at radius 2 is 1.76 bits per heavy atom. The zero-order chi connectivity index (χ0) is 21.1. The zero-order valence-corrected chi connectivity index (χ0v) is 16.7. The molecule has 0 saturated heterocycles. The summed E-state index contributed by atoms with van der Waals surface area (Å²) >= 11 is 0. The monoisotopic (exact) mass is 400 g/mol. The number of nitro benzene ring substituents is 1. The Morgan fingerprint density at radius 3 is 2.31 bits per heavy atom. The number of nitrogens with one attached hydrogen (secondary N) is 1. The minimum Gasteiger partial charge on any atom is -0.463 e. The first-order valence-electron chi connectivity index (χ1n) is 9.60. The fourth-order valence-corrected chi connectivity index (χ4v) is 3.45. The van der Waals surface area contributed by atoms with Gasteiger partial charge in [-0.25, -0.2) is 9.59 Å². The first-order chi connectivity index (χ1) is 13.8. The van der Waals surface area contributed by atoms with Crippen molar-refractivity contribution in [3.8, 4) is 0 Å². The highest BCUT2D eigenvalue weighted by Crippen LogP contribution is 2.40. The van der Waals surface area contributed by atoms with E-state index in [1.165, 1.54) is 18.2 Å². The lowest BCUT2D eigenvalue weighted by atomic mass is 9.80. The van der Waals surface area contributed by atoms with Gasteiger partial charge in [0, 0.05) is 23.5 Å². The predicted molar refractivity (Wildman–Crippen MR) is 105 cm³/mol. The van der Waals surface area contributed by atoms with Crippen molar-refractivity contribution >= 4 is 17.6 Å². The third-order valence-corrected chi connectivity index (χ3v) is 5.04. The molecule has 1 N–H and O–H groups in total. The molecule has 2 aliphatic rings. The number of dihydropyridines is 1. The Bertz CT molecular complexity index is 914. The molecule has 1 aromatic carbocycles. The summed E-state index contributed by atoms with van der Waals surface area (Å²) in [6.45, 7) is 5.63. The Balaban J connectivity index is 2.07. The Morgan fingerprint density at radius 1 is 1.14 bits per heavy atom. The molecule has 1 aliphatic carbocycles. The van der Waals surface area contributed by atoms with Crippen molar-refractivity contribution in [1.29, 1.82) is 0 Å². The lowest BCUT2D eigenvalue weighted by Gasteiger charge is -2.30. The molecule has 1 heterocycles. The summed E-state index contributed by atoms with van der Waals surface area (Å²) in [6.07, 6.45) is 2.07. The topological polar surface area (TPSA) is 108 Å². The van der Waals surface area contributed by atoms with E-state index in [-0.39, 0.29) is 23.4 Å². The summed E-state index contributed by atoms with van der Waals surface area (Å²) < 4.78 is 10.7. The van der Waals surface area contributed by atoms with Crippen LogP contribution in [0.1, 0.15) is 45.1 Å². The number of carbonyl (C=O) groups excluding carboxylic acids is 2. The molecule has 0 radical (unpaired) electrons. The number of nitro groups is 1. The quantitative estimate of drug-likeness (QED) is 0.425. The van der Waals surface area contributed by atoms with Crippen LogP contribution in [0.3, 0.4) is 0 Å². The summed E-state index contributed by atoms with van der Waals surface area (Å²) in [6, 6.07) is 5.95. The fraction of sp³-hybridized carbons (Fsp3) is 0.429. The number of rotatable bonds is 7. The zero-order valence-electron chi connectivity index (χ0n) is 16.7. The van der Waals surface area contributed by atoms with Crippen LogP contribution in [0.2, 0.25) is 0 Å².